The van der Waals surface area contributed by atoms with Gasteiger partial charge in [0.15, 0.2) is 0 Å². The molecular formula is C23H44N4O. The molecule has 3 rings (SSSR count). The molecule has 0 aromatic rings. The van der Waals surface area contributed by atoms with E-state index in [1.165, 1.54) is 64.8 Å². The molecule has 2 heterocycles. The van der Waals surface area contributed by atoms with E-state index in [1.54, 1.807) is 0 Å². The third kappa shape index (κ3) is 6.43. The Morgan fingerprint density at radius 3 is 2.04 bits per heavy atom. The predicted molar refractivity (Wildman–Crippen MR) is 117 cm³/mol. The van der Waals surface area contributed by atoms with Crippen molar-refractivity contribution in [3.63, 3.8) is 0 Å². The largest absolute Gasteiger partial charge is 0.340 e. The molecule has 2 saturated heterocycles. The van der Waals surface area contributed by atoms with Crippen molar-refractivity contribution in [1.82, 2.24) is 19.6 Å². The minimum Gasteiger partial charge on any atom is -0.340 e. The van der Waals surface area contributed by atoms with Gasteiger partial charge in [0.25, 0.3) is 0 Å². The molecule has 0 bridgehead atoms. The molecule has 5 heteroatoms. The van der Waals surface area contributed by atoms with Crippen LogP contribution in [0.4, 0.5) is 0 Å². The first kappa shape index (κ1) is 22.0. The maximum absolute atomic E-state index is 12.6. The summed E-state index contributed by atoms with van der Waals surface area (Å²) < 4.78 is 0. The van der Waals surface area contributed by atoms with Gasteiger partial charge in [-0.1, -0.05) is 19.3 Å². The van der Waals surface area contributed by atoms with E-state index in [0.717, 1.165) is 38.5 Å². The van der Waals surface area contributed by atoms with Crippen molar-refractivity contribution in [3.8, 4) is 0 Å². The minimum atomic E-state index is 0.367. The Balaban J connectivity index is 1.31. The summed E-state index contributed by atoms with van der Waals surface area (Å²) in [5.41, 5.74) is 0. The van der Waals surface area contributed by atoms with E-state index in [4.69, 9.17) is 0 Å². The lowest BCUT2D eigenvalue weighted by Gasteiger charge is -2.40. The van der Waals surface area contributed by atoms with E-state index in [0.29, 0.717) is 24.4 Å². The van der Waals surface area contributed by atoms with E-state index >= 15 is 0 Å². The molecule has 1 amide bonds. The Morgan fingerprint density at radius 1 is 0.821 bits per heavy atom. The van der Waals surface area contributed by atoms with Crippen LogP contribution in [0.25, 0.3) is 0 Å². The maximum atomic E-state index is 12.6. The Kier molecular flexibility index (Phi) is 8.61. The zero-order valence-electron chi connectivity index (χ0n) is 18.7. The van der Waals surface area contributed by atoms with Crippen molar-refractivity contribution in [2.45, 2.75) is 77.8 Å². The van der Waals surface area contributed by atoms with Crippen LogP contribution in [0.15, 0.2) is 0 Å². The summed E-state index contributed by atoms with van der Waals surface area (Å²) in [6.07, 6.45) is 8.96. The van der Waals surface area contributed by atoms with Gasteiger partial charge in [-0.05, 0) is 46.0 Å². The average molecular weight is 393 g/mol. The molecule has 0 spiro atoms. The summed E-state index contributed by atoms with van der Waals surface area (Å²) in [7, 11) is 0. The summed E-state index contributed by atoms with van der Waals surface area (Å²) >= 11 is 0. The first-order chi connectivity index (χ1) is 13.5. The first-order valence-corrected chi connectivity index (χ1v) is 12.0. The lowest BCUT2D eigenvalue weighted by atomic mass is 9.89. The van der Waals surface area contributed by atoms with Crippen molar-refractivity contribution < 1.29 is 4.79 Å². The van der Waals surface area contributed by atoms with Crippen LogP contribution in [-0.2, 0) is 4.79 Å². The Hall–Kier alpha value is -0.650. The van der Waals surface area contributed by atoms with Gasteiger partial charge < -0.3 is 9.80 Å². The van der Waals surface area contributed by atoms with E-state index in [-0.39, 0.29) is 0 Å². The van der Waals surface area contributed by atoms with Crippen LogP contribution in [-0.4, -0.2) is 96.5 Å². The highest BCUT2D eigenvalue weighted by Gasteiger charge is 2.26. The highest BCUT2D eigenvalue weighted by atomic mass is 16.2. The number of hydrogen-bond acceptors (Lipinski definition) is 4. The van der Waals surface area contributed by atoms with Crippen molar-refractivity contribution in [2.75, 3.05) is 58.9 Å². The van der Waals surface area contributed by atoms with Crippen molar-refractivity contribution in [3.05, 3.63) is 0 Å². The highest BCUT2D eigenvalue weighted by Crippen LogP contribution is 2.25. The fourth-order valence-electron chi connectivity index (χ4n) is 5.28. The second-order valence-electron chi connectivity index (χ2n) is 9.74. The second-order valence-corrected chi connectivity index (χ2v) is 9.74. The van der Waals surface area contributed by atoms with Gasteiger partial charge in [0, 0.05) is 77.4 Å². The van der Waals surface area contributed by atoms with E-state index in [9.17, 15) is 4.79 Å². The molecule has 5 nitrogen and oxygen atoms in total. The number of piperazine rings is 2. The van der Waals surface area contributed by atoms with Gasteiger partial charge in [-0.3, -0.25) is 14.6 Å². The van der Waals surface area contributed by atoms with Crippen molar-refractivity contribution >= 4 is 5.91 Å². The van der Waals surface area contributed by atoms with Gasteiger partial charge in [0.2, 0.25) is 5.91 Å². The summed E-state index contributed by atoms with van der Waals surface area (Å²) in [5, 5.41) is 0. The van der Waals surface area contributed by atoms with E-state index in [1.807, 2.05) is 0 Å². The van der Waals surface area contributed by atoms with Crippen LogP contribution in [0.3, 0.4) is 0 Å². The van der Waals surface area contributed by atoms with Gasteiger partial charge in [0.05, 0.1) is 0 Å². The molecule has 1 saturated carbocycles. The van der Waals surface area contributed by atoms with Crippen LogP contribution in [0.5, 0.6) is 0 Å². The lowest BCUT2D eigenvalue weighted by Crippen LogP contribution is -2.52. The molecule has 162 valence electrons. The van der Waals surface area contributed by atoms with Gasteiger partial charge in [-0.2, -0.15) is 0 Å². The molecule has 0 N–H and O–H groups in total. The second kappa shape index (κ2) is 10.9. The minimum absolute atomic E-state index is 0.367. The van der Waals surface area contributed by atoms with Crippen LogP contribution in [0.2, 0.25) is 0 Å². The molecule has 3 aliphatic rings. The zero-order chi connectivity index (χ0) is 19.9. The van der Waals surface area contributed by atoms with Crippen LogP contribution in [0.1, 0.15) is 65.7 Å². The number of amides is 1. The molecular weight excluding hydrogens is 348 g/mol. The van der Waals surface area contributed by atoms with Crippen molar-refractivity contribution in [1.29, 1.82) is 0 Å². The number of rotatable bonds is 7. The molecule has 28 heavy (non-hydrogen) atoms. The zero-order valence-corrected chi connectivity index (χ0v) is 18.7. The predicted octanol–water partition coefficient (Wildman–Crippen LogP) is 2.91. The first-order valence-electron chi connectivity index (χ1n) is 12.0. The van der Waals surface area contributed by atoms with Gasteiger partial charge in [-0.25, -0.2) is 0 Å². The van der Waals surface area contributed by atoms with Gasteiger partial charge in [0.1, 0.15) is 0 Å². The molecule has 0 radical (unpaired) electrons. The monoisotopic (exact) mass is 392 g/mol. The normalized spacial score (nSPS) is 25.4. The number of nitrogens with zero attached hydrogens (tertiary/aromatic N) is 4. The number of carbonyl (C=O) groups is 1. The number of carbonyl (C=O) groups excluding carboxylic acids is 1. The molecule has 0 aromatic carbocycles. The van der Waals surface area contributed by atoms with Crippen LogP contribution < -0.4 is 0 Å². The molecule has 3 fully saturated rings. The lowest BCUT2D eigenvalue weighted by molar-refractivity contribution is -0.133. The Bertz CT molecular complexity index is 461. The Morgan fingerprint density at radius 2 is 1.43 bits per heavy atom. The third-order valence-electron chi connectivity index (χ3n) is 7.44. The quantitative estimate of drug-likeness (QED) is 0.666. The van der Waals surface area contributed by atoms with Gasteiger partial charge in [-0.15, -0.1) is 0 Å². The summed E-state index contributed by atoms with van der Waals surface area (Å²) in [5.74, 6) is 1.32. The maximum Gasteiger partial charge on any atom is 0.222 e. The molecule has 0 aromatic heterocycles. The fourth-order valence-corrected chi connectivity index (χ4v) is 5.28. The van der Waals surface area contributed by atoms with Gasteiger partial charge >= 0.3 is 0 Å². The standard InChI is InChI=1S/C23H44N4O/c1-20(2)25-15-17-27(18-16-25)23(28)10-9-21(3)26-13-11-24(12-14-26)19-22-7-5-4-6-8-22/h20-22H,4-19H2,1-3H3. The molecule has 1 aliphatic carbocycles. The summed E-state index contributed by atoms with van der Waals surface area (Å²) in [4.78, 5) is 22.5. The highest BCUT2D eigenvalue weighted by molar-refractivity contribution is 5.76. The average Bonchev–Trinajstić information content (AvgIpc) is 2.73. The fraction of sp³-hybridized carbons (Fsp3) is 0.957. The molecule has 2 aliphatic heterocycles. The Labute approximate surface area is 173 Å². The van der Waals surface area contributed by atoms with E-state index in [2.05, 4.69) is 40.4 Å². The van der Waals surface area contributed by atoms with Crippen LogP contribution >= 0.6 is 0 Å². The topological polar surface area (TPSA) is 30.0 Å². The van der Waals surface area contributed by atoms with Crippen molar-refractivity contribution in [2.24, 2.45) is 5.92 Å². The van der Waals surface area contributed by atoms with E-state index < -0.39 is 0 Å². The summed E-state index contributed by atoms with van der Waals surface area (Å²) in [6, 6.07) is 1.12. The molecule has 1 atom stereocenters. The summed E-state index contributed by atoms with van der Waals surface area (Å²) in [6.45, 7) is 16.8. The van der Waals surface area contributed by atoms with Crippen LogP contribution in [0, 0.1) is 5.92 Å². The number of hydrogen-bond donors (Lipinski definition) is 0. The SMILES string of the molecule is CC(C)N1CCN(C(=O)CCC(C)N2CCN(CC3CCCCC3)CC2)CC1. The smallest absolute Gasteiger partial charge is 0.222 e. The molecule has 1 unspecified atom stereocenters. The third-order valence-corrected chi connectivity index (χ3v) is 7.44.